The van der Waals surface area contributed by atoms with E-state index in [1.807, 2.05) is 54.6 Å². The second-order valence-corrected chi connectivity index (χ2v) is 10.5. The van der Waals surface area contributed by atoms with Gasteiger partial charge in [-0.1, -0.05) is 0 Å². The van der Waals surface area contributed by atoms with Crippen LogP contribution in [0.2, 0.25) is 0 Å². The zero-order valence-corrected chi connectivity index (χ0v) is 18.7. The topological polar surface area (TPSA) is 113 Å². The molecular formula is C23H22AsNO6. The molecule has 8 heteroatoms. The Balaban J connectivity index is 1.64. The third-order valence-corrected chi connectivity index (χ3v) is 7.54. The number of hydrogen-bond acceptors (Lipinski definition) is 5. The molecular weight excluding hydrogens is 461 g/mol. The number of nitrogens with one attached hydrogen (secondary N) is 1. The Bertz CT molecular complexity index is 1130. The third-order valence-electron chi connectivity index (χ3n) is 4.50. The molecule has 0 heterocycles. The molecule has 0 aliphatic rings. The fourth-order valence-corrected chi connectivity index (χ4v) is 5.45. The molecule has 3 aromatic carbocycles. The normalized spacial score (nSPS) is 12.6. The summed E-state index contributed by atoms with van der Waals surface area (Å²) in [6, 6.07) is 21.0. The quantitative estimate of drug-likeness (QED) is 0.446. The molecule has 3 aromatic rings. The molecule has 1 atom stereocenters. The minimum atomic E-state index is -5.29. The van der Waals surface area contributed by atoms with Crippen molar-refractivity contribution < 1.29 is 26.3 Å². The van der Waals surface area contributed by atoms with Crippen molar-refractivity contribution in [2.45, 2.75) is 19.8 Å². The number of aryl methyl sites for hydroxylation is 1. The van der Waals surface area contributed by atoms with Gasteiger partial charge in [0.1, 0.15) is 0 Å². The van der Waals surface area contributed by atoms with Crippen molar-refractivity contribution in [1.82, 2.24) is 0 Å². The molecule has 0 fully saturated rings. The summed E-state index contributed by atoms with van der Waals surface area (Å²) in [7, 11) is 0. The van der Waals surface area contributed by atoms with E-state index in [0.29, 0.717) is 6.42 Å². The summed E-state index contributed by atoms with van der Waals surface area (Å²) in [4.78, 5) is 23.6. The SMILES string of the molecule is CC(=O)Nc1cc(O)ccc1[As](=O)(O)OC(=O)CCc1ccc(-c2ccccc2)cc1. The molecule has 7 nitrogen and oxygen atoms in total. The van der Waals surface area contributed by atoms with Gasteiger partial charge in [0.05, 0.1) is 0 Å². The van der Waals surface area contributed by atoms with Crippen LogP contribution in [0.4, 0.5) is 5.69 Å². The second-order valence-electron chi connectivity index (χ2n) is 6.93. The standard InChI is InChI=1S/C23H22AsNO6/c1-16(26)25-22-15-20(27)12-13-21(22)24(29,30)31-23(28)14-9-17-7-10-19(11-8-17)18-5-3-2-4-6-18/h2-8,10-13,15,27H,9,14H2,1H3,(H,25,26)(H,29,30). The number of anilines is 1. The first-order valence-electron chi connectivity index (χ1n) is 9.55. The Labute approximate surface area is 182 Å². The number of benzene rings is 3. The number of aromatic hydroxyl groups is 1. The van der Waals surface area contributed by atoms with Crippen LogP contribution in [0.3, 0.4) is 0 Å². The summed E-state index contributed by atoms with van der Waals surface area (Å²) in [6.07, 6.45) is 0.266. The molecule has 0 aromatic heterocycles. The van der Waals surface area contributed by atoms with Gasteiger partial charge in [-0.05, 0) is 0 Å². The van der Waals surface area contributed by atoms with Gasteiger partial charge in [-0.2, -0.15) is 0 Å². The van der Waals surface area contributed by atoms with Crippen LogP contribution in [0.25, 0.3) is 11.1 Å². The number of amides is 1. The summed E-state index contributed by atoms with van der Waals surface area (Å²) < 4.78 is 27.7. The molecule has 0 saturated carbocycles. The summed E-state index contributed by atoms with van der Waals surface area (Å²) in [6.45, 7) is 1.22. The van der Waals surface area contributed by atoms with E-state index < -0.39 is 26.0 Å². The fraction of sp³-hybridized carbons (Fsp3) is 0.130. The summed E-state index contributed by atoms with van der Waals surface area (Å²) in [5, 5.41) is 11.9. The maximum atomic E-state index is 12.7. The van der Waals surface area contributed by atoms with Gasteiger partial charge in [-0.25, -0.2) is 0 Å². The molecule has 3 N–H and O–H groups in total. The van der Waals surface area contributed by atoms with Crippen LogP contribution in [0.5, 0.6) is 5.75 Å². The number of carbonyl (C=O) groups is 2. The fourth-order valence-electron chi connectivity index (χ4n) is 3.03. The average Bonchev–Trinajstić information content (AvgIpc) is 2.72. The van der Waals surface area contributed by atoms with Crippen molar-refractivity contribution in [1.29, 1.82) is 0 Å². The van der Waals surface area contributed by atoms with E-state index in [4.69, 9.17) is 3.73 Å². The van der Waals surface area contributed by atoms with E-state index in [9.17, 15) is 22.5 Å². The molecule has 0 aliphatic heterocycles. The van der Waals surface area contributed by atoms with Gasteiger partial charge in [0.25, 0.3) is 0 Å². The van der Waals surface area contributed by atoms with Crippen molar-refractivity contribution in [2.75, 3.05) is 5.32 Å². The third kappa shape index (κ3) is 6.10. The monoisotopic (exact) mass is 483 g/mol. The number of phenols is 1. The van der Waals surface area contributed by atoms with Gasteiger partial charge >= 0.3 is 183 Å². The second kappa shape index (κ2) is 9.68. The van der Waals surface area contributed by atoms with Crippen LogP contribution in [0, 0.1) is 0 Å². The Morgan fingerprint density at radius 3 is 2.26 bits per heavy atom. The molecule has 0 saturated heterocycles. The molecule has 1 unspecified atom stereocenters. The number of carbonyl (C=O) groups excluding carboxylic acids is 2. The number of hydrogen-bond donors (Lipinski definition) is 3. The average molecular weight is 483 g/mol. The molecule has 160 valence electrons. The van der Waals surface area contributed by atoms with Crippen molar-refractivity contribution in [2.24, 2.45) is 0 Å². The van der Waals surface area contributed by atoms with Crippen molar-refractivity contribution >= 4 is 36.1 Å². The van der Waals surface area contributed by atoms with E-state index in [0.717, 1.165) is 28.8 Å². The van der Waals surface area contributed by atoms with E-state index >= 15 is 0 Å². The first-order chi connectivity index (χ1) is 14.7. The van der Waals surface area contributed by atoms with Crippen LogP contribution in [0.15, 0.2) is 72.8 Å². The first-order valence-corrected chi connectivity index (χ1v) is 12.9. The van der Waals surface area contributed by atoms with Gasteiger partial charge in [-0.3, -0.25) is 0 Å². The van der Waals surface area contributed by atoms with Crippen molar-refractivity contribution in [3.8, 4) is 16.9 Å². The molecule has 0 radical (unpaired) electrons. The molecule has 3 rings (SSSR count). The van der Waals surface area contributed by atoms with Crippen molar-refractivity contribution in [3.05, 3.63) is 78.4 Å². The van der Waals surface area contributed by atoms with Crippen LogP contribution in [0.1, 0.15) is 18.9 Å². The van der Waals surface area contributed by atoms with Crippen LogP contribution in [-0.4, -0.2) is 35.3 Å². The zero-order valence-electron chi connectivity index (χ0n) is 16.8. The van der Waals surface area contributed by atoms with Crippen LogP contribution < -0.4 is 9.67 Å². The molecule has 0 spiro atoms. The first kappa shape index (κ1) is 22.4. The van der Waals surface area contributed by atoms with Crippen LogP contribution in [-0.2, 0) is 23.5 Å². The Kier molecular flexibility index (Phi) is 7.00. The molecule has 31 heavy (non-hydrogen) atoms. The molecule has 1 amide bonds. The minimum absolute atomic E-state index is 0.0678. The van der Waals surface area contributed by atoms with Gasteiger partial charge in [-0.15, -0.1) is 0 Å². The van der Waals surface area contributed by atoms with E-state index in [2.05, 4.69) is 5.32 Å². The van der Waals surface area contributed by atoms with E-state index in [-0.39, 0.29) is 22.2 Å². The van der Waals surface area contributed by atoms with Crippen molar-refractivity contribution in [3.63, 3.8) is 0 Å². The molecule has 0 aliphatic carbocycles. The summed E-state index contributed by atoms with van der Waals surface area (Å²) in [5.74, 6) is -1.51. The van der Waals surface area contributed by atoms with Gasteiger partial charge in [0, 0.05) is 0 Å². The predicted molar refractivity (Wildman–Crippen MR) is 117 cm³/mol. The molecule has 0 bridgehead atoms. The van der Waals surface area contributed by atoms with E-state index in [1.165, 1.54) is 13.0 Å². The van der Waals surface area contributed by atoms with Gasteiger partial charge < -0.3 is 0 Å². The van der Waals surface area contributed by atoms with E-state index in [1.54, 1.807) is 0 Å². The summed E-state index contributed by atoms with van der Waals surface area (Å²) >= 11 is -5.29. The Hall–Kier alpha value is -3.28. The zero-order chi connectivity index (χ0) is 22.4. The summed E-state index contributed by atoms with van der Waals surface area (Å²) in [5.41, 5.74) is 2.95. The predicted octanol–water partition coefficient (Wildman–Crippen LogP) is 2.76. The number of rotatable bonds is 7. The van der Waals surface area contributed by atoms with Crippen LogP contribution >= 0.6 is 0 Å². The number of phenolic OH excluding ortho intramolecular Hbond substituents is 1. The van der Waals surface area contributed by atoms with Gasteiger partial charge in [0.2, 0.25) is 0 Å². The van der Waals surface area contributed by atoms with Gasteiger partial charge in [0.15, 0.2) is 0 Å². The maximum absolute atomic E-state index is 12.7. The Morgan fingerprint density at radius 1 is 0.968 bits per heavy atom. The Morgan fingerprint density at radius 2 is 1.61 bits per heavy atom.